The zero-order chi connectivity index (χ0) is 29.8. The van der Waals surface area contributed by atoms with Gasteiger partial charge < -0.3 is 23.9 Å². The molecule has 3 aliphatic rings. The average molecular weight is 607 g/mol. The van der Waals surface area contributed by atoms with Crippen LogP contribution in [0.1, 0.15) is 45.3 Å². The number of aromatic carboxylic acids is 1. The summed E-state index contributed by atoms with van der Waals surface area (Å²) >= 11 is 5.87. The Balaban J connectivity index is 1.06. The summed E-state index contributed by atoms with van der Waals surface area (Å²) in [5.41, 5.74) is 4.19. The van der Waals surface area contributed by atoms with Crippen LogP contribution >= 0.6 is 11.6 Å². The lowest BCUT2D eigenvalue weighted by Crippen LogP contribution is -2.33. The molecule has 9 nitrogen and oxygen atoms in total. The van der Waals surface area contributed by atoms with Crippen molar-refractivity contribution in [3.8, 4) is 11.6 Å². The molecule has 0 bridgehead atoms. The number of aryl methyl sites for hydroxylation is 1. The number of benzene rings is 2. The normalized spacial score (nSPS) is 22.8. The van der Waals surface area contributed by atoms with Crippen LogP contribution in [-0.4, -0.2) is 63.4 Å². The monoisotopic (exact) mass is 606 g/mol. The molecule has 3 atom stereocenters. The van der Waals surface area contributed by atoms with Gasteiger partial charge in [0, 0.05) is 42.3 Å². The van der Waals surface area contributed by atoms with Gasteiger partial charge in [-0.05, 0) is 55.0 Å². The molecule has 2 aliphatic heterocycles. The van der Waals surface area contributed by atoms with Crippen LogP contribution < -0.4 is 9.47 Å². The molecule has 7 rings (SSSR count). The third-order valence-electron chi connectivity index (χ3n) is 9.00. The van der Waals surface area contributed by atoms with E-state index in [9.17, 15) is 14.3 Å². The molecule has 1 saturated carbocycles. The van der Waals surface area contributed by atoms with Crippen molar-refractivity contribution in [1.29, 1.82) is 0 Å². The minimum Gasteiger partial charge on any atom is -0.494 e. The highest BCUT2D eigenvalue weighted by molar-refractivity contribution is 6.30. The molecule has 2 unspecified atom stereocenters. The number of rotatable bonds is 10. The Hall–Kier alpha value is -3.73. The van der Waals surface area contributed by atoms with Crippen molar-refractivity contribution in [2.24, 2.45) is 11.8 Å². The van der Waals surface area contributed by atoms with Gasteiger partial charge in [0.25, 0.3) is 0 Å². The molecule has 0 radical (unpaired) electrons. The van der Waals surface area contributed by atoms with Crippen LogP contribution in [0, 0.1) is 24.6 Å². The lowest BCUT2D eigenvalue weighted by Gasteiger charge is -2.28. The third kappa shape index (κ3) is 5.32. The van der Waals surface area contributed by atoms with E-state index in [0.717, 1.165) is 48.7 Å². The molecule has 2 saturated heterocycles. The van der Waals surface area contributed by atoms with E-state index in [1.165, 1.54) is 19.2 Å². The number of imidazole rings is 1. The first-order valence-electron chi connectivity index (χ1n) is 14.5. The minimum absolute atomic E-state index is 0.0788. The van der Waals surface area contributed by atoms with Crippen molar-refractivity contribution in [2.75, 3.05) is 26.8 Å². The zero-order valence-corrected chi connectivity index (χ0v) is 24.7. The van der Waals surface area contributed by atoms with Crippen molar-refractivity contribution in [3.05, 3.63) is 81.5 Å². The number of carbonyl (C=O) groups is 1. The van der Waals surface area contributed by atoms with Crippen LogP contribution in [0.2, 0.25) is 5.02 Å². The fourth-order valence-corrected chi connectivity index (χ4v) is 6.72. The number of fused-ring (bicyclic) bond motifs is 2. The van der Waals surface area contributed by atoms with Crippen molar-refractivity contribution < 1.29 is 28.5 Å². The molecule has 2 aromatic heterocycles. The molecule has 43 heavy (non-hydrogen) atoms. The van der Waals surface area contributed by atoms with Crippen molar-refractivity contribution >= 4 is 28.6 Å². The largest absolute Gasteiger partial charge is 0.494 e. The molecular weight excluding hydrogens is 575 g/mol. The molecule has 4 heterocycles. The van der Waals surface area contributed by atoms with Gasteiger partial charge in [0.2, 0.25) is 5.88 Å². The number of carboxylic acids is 1. The van der Waals surface area contributed by atoms with Crippen LogP contribution in [-0.2, 0) is 24.4 Å². The fraction of sp³-hybridized carbons (Fsp3) is 0.406. The predicted molar refractivity (Wildman–Crippen MR) is 157 cm³/mol. The predicted octanol–water partition coefficient (Wildman–Crippen LogP) is 5.45. The number of carboxylic acid groups (broad SMARTS) is 1. The molecule has 3 fully saturated rings. The van der Waals surface area contributed by atoms with E-state index in [4.69, 9.17) is 35.8 Å². The van der Waals surface area contributed by atoms with Crippen LogP contribution in [0.3, 0.4) is 0 Å². The highest BCUT2D eigenvalue weighted by atomic mass is 35.5. The molecule has 1 N–H and O–H groups in total. The summed E-state index contributed by atoms with van der Waals surface area (Å²) in [6.45, 7) is 5.99. The lowest BCUT2D eigenvalue weighted by atomic mass is 10.1. The van der Waals surface area contributed by atoms with E-state index in [-0.39, 0.29) is 18.3 Å². The number of piperidine rings is 1. The highest BCUT2D eigenvalue weighted by Crippen LogP contribution is 2.58. The van der Waals surface area contributed by atoms with Crippen LogP contribution in [0.15, 0.2) is 42.5 Å². The average Bonchev–Trinajstić information content (AvgIpc) is 3.27. The number of nitrogens with zero attached hydrogens (tertiary/aromatic N) is 4. The maximum Gasteiger partial charge on any atom is 0.335 e. The number of hydrogen-bond donors (Lipinski definition) is 1. The number of pyridine rings is 1. The molecule has 4 aromatic rings. The van der Waals surface area contributed by atoms with E-state index in [2.05, 4.69) is 16.4 Å². The second kappa shape index (κ2) is 11.1. The van der Waals surface area contributed by atoms with Gasteiger partial charge in [0.05, 0.1) is 43.1 Å². The number of methoxy groups -OCH3 is 1. The van der Waals surface area contributed by atoms with Crippen LogP contribution in [0.4, 0.5) is 4.39 Å². The molecule has 11 heteroatoms. The molecule has 2 aromatic carbocycles. The van der Waals surface area contributed by atoms with E-state index < -0.39 is 11.8 Å². The Morgan fingerprint density at radius 1 is 1.16 bits per heavy atom. The number of halogens is 2. The Bertz CT molecular complexity index is 1710. The summed E-state index contributed by atoms with van der Waals surface area (Å²) in [6, 6.07) is 11.6. The Morgan fingerprint density at radius 2 is 1.95 bits per heavy atom. The Labute approximate surface area is 253 Å². The minimum atomic E-state index is -1.00. The van der Waals surface area contributed by atoms with E-state index in [1.807, 2.05) is 12.1 Å². The van der Waals surface area contributed by atoms with Gasteiger partial charge in [-0.2, -0.15) is 0 Å². The Kier molecular flexibility index (Phi) is 7.23. The first-order valence-corrected chi connectivity index (χ1v) is 14.9. The van der Waals surface area contributed by atoms with Gasteiger partial charge in [-0.1, -0.05) is 23.7 Å². The lowest BCUT2D eigenvalue weighted by molar-refractivity contribution is -0.0591. The standard InChI is InChI=1S/C32H32ClFN4O5/c1-17-3-6-28(43-16-18-4-5-20(33)11-24(18)34)36-30(17)29-22-13-37(14-23(22)29)15-27-35-31-25(38(27)12-21-7-8-42-21)9-19(32(39)40)10-26(31)41-2/h3-6,9-11,21-23,29H,7-8,12-16H2,1-2H3,(H,39,40)/t21-,22?,23?,29?/m0/s1. The number of aromatic nitrogens is 3. The second-order valence-electron chi connectivity index (χ2n) is 11.7. The van der Waals surface area contributed by atoms with Gasteiger partial charge in [0.15, 0.2) is 0 Å². The first kappa shape index (κ1) is 28.1. The molecule has 0 spiro atoms. The summed E-state index contributed by atoms with van der Waals surface area (Å²) in [7, 11) is 1.54. The first-order chi connectivity index (χ1) is 20.8. The van der Waals surface area contributed by atoms with E-state index in [1.54, 1.807) is 18.2 Å². The van der Waals surface area contributed by atoms with Gasteiger partial charge in [-0.15, -0.1) is 0 Å². The number of hydrogen-bond acceptors (Lipinski definition) is 7. The van der Waals surface area contributed by atoms with Crippen molar-refractivity contribution in [2.45, 2.75) is 45.1 Å². The SMILES string of the molecule is COc1cc(C(=O)O)cc2c1nc(CN1CC3C(C1)C3c1nc(OCc3ccc(Cl)cc3F)ccc1C)n2C[C@@H]1CCO1. The highest BCUT2D eigenvalue weighted by Gasteiger charge is 2.57. The Morgan fingerprint density at radius 3 is 2.63 bits per heavy atom. The van der Waals surface area contributed by atoms with E-state index >= 15 is 0 Å². The molecule has 224 valence electrons. The van der Waals surface area contributed by atoms with Gasteiger partial charge in [-0.3, -0.25) is 4.90 Å². The summed E-state index contributed by atoms with van der Waals surface area (Å²) in [6.07, 6.45) is 1.06. The number of ether oxygens (including phenoxy) is 3. The molecule has 0 amide bonds. The molecular formula is C32H32ClFN4O5. The third-order valence-corrected chi connectivity index (χ3v) is 9.23. The quantitative estimate of drug-likeness (QED) is 0.254. The second-order valence-corrected chi connectivity index (χ2v) is 12.1. The summed E-state index contributed by atoms with van der Waals surface area (Å²) in [4.78, 5) is 24.0. The van der Waals surface area contributed by atoms with Crippen LogP contribution in [0.5, 0.6) is 11.6 Å². The van der Waals surface area contributed by atoms with Crippen LogP contribution in [0.25, 0.3) is 11.0 Å². The fourth-order valence-electron chi connectivity index (χ4n) is 6.56. The van der Waals surface area contributed by atoms with Gasteiger partial charge in [0.1, 0.15) is 29.5 Å². The van der Waals surface area contributed by atoms with E-state index in [0.29, 0.717) is 58.6 Å². The maximum absolute atomic E-state index is 14.2. The maximum atomic E-state index is 14.2. The topological polar surface area (TPSA) is 98.9 Å². The van der Waals surface area contributed by atoms with Gasteiger partial charge >= 0.3 is 5.97 Å². The van der Waals surface area contributed by atoms with Gasteiger partial charge in [-0.25, -0.2) is 19.2 Å². The molecule has 1 aliphatic carbocycles. The van der Waals surface area contributed by atoms with Crippen molar-refractivity contribution in [3.63, 3.8) is 0 Å². The zero-order valence-electron chi connectivity index (χ0n) is 23.9. The summed E-state index contributed by atoms with van der Waals surface area (Å²) in [5, 5.41) is 10.0. The van der Waals surface area contributed by atoms with Crippen molar-refractivity contribution in [1.82, 2.24) is 19.4 Å². The summed E-state index contributed by atoms with van der Waals surface area (Å²) in [5.74, 6) is 1.74. The number of likely N-dealkylation sites (tertiary alicyclic amines) is 1. The smallest absolute Gasteiger partial charge is 0.335 e. The summed E-state index contributed by atoms with van der Waals surface area (Å²) < 4.78 is 33.4.